The smallest absolute Gasteiger partial charge is 0.333 e. The van der Waals surface area contributed by atoms with E-state index in [4.69, 9.17) is 10.5 Å². The van der Waals surface area contributed by atoms with Crippen molar-refractivity contribution in [2.45, 2.75) is 25.3 Å². The van der Waals surface area contributed by atoms with E-state index in [1.165, 1.54) is 13.2 Å². The van der Waals surface area contributed by atoms with E-state index in [-0.39, 0.29) is 17.1 Å². The fourth-order valence-corrected chi connectivity index (χ4v) is 4.32. The topological polar surface area (TPSA) is 73.4 Å². The van der Waals surface area contributed by atoms with Gasteiger partial charge in [-0.15, -0.1) is 0 Å². The lowest BCUT2D eigenvalue weighted by atomic mass is 9.74. The molecule has 0 saturated carbocycles. The van der Waals surface area contributed by atoms with Crippen LogP contribution in [0.5, 0.6) is 5.75 Å². The third-order valence-corrected chi connectivity index (χ3v) is 5.52. The second kappa shape index (κ2) is 5.94. The normalized spacial score (nSPS) is 25.7. The first-order valence-corrected chi connectivity index (χ1v) is 8.40. The maximum atomic E-state index is 13.4. The van der Waals surface area contributed by atoms with Crippen LogP contribution < -0.4 is 10.5 Å². The molecule has 1 unspecified atom stereocenters. The molecule has 1 aromatic carbocycles. The number of ether oxygens (including phenoxy) is 1. The Kier molecular flexibility index (Phi) is 3.87. The first kappa shape index (κ1) is 16.3. The molecular weight excluding hydrogens is 330 g/mol. The van der Waals surface area contributed by atoms with Crippen molar-refractivity contribution in [2.75, 3.05) is 26.7 Å². The number of primary amides is 1. The van der Waals surface area contributed by atoms with Crippen molar-refractivity contribution in [1.29, 1.82) is 0 Å². The number of aromatic nitrogens is 2. The van der Waals surface area contributed by atoms with Gasteiger partial charge in [0, 0.05) is 23.9 Å². The number of nitrogens with two attached hydrogens (primary N) is 1. The average molecular weight is 350 g/mol. The number of carbonyl (C=O) groups is 1. The van der Waals surface area contributed by atoms with Gasteiger partial charge >= 0.3 is 6.55 Å². The SMILES string of the molecule is COc1cc(C2CN3CCC2CC3)c2c(C(N)=O)nn(C(F)F)c2c1. The van der Waals surface area contributed by atoms with Gasteiger partial charge in [-0.1, -0.05) is 0 Å². The summed E-state index contributed by atoms with van der Waals surface area (Å²) in [5.74, 6) is 0.318. The van der Waals surface area contributed by atoms with Gasteiger partial charge in [-0.05, 0) is 43.5 Å². The largest absolute Gasteiger partial charge is 0.497 e. The lowest BCUT2D eigenvalue weighted by Gasteiger charge is -2.45. The highest BCUT2D eigenvalue weighted by Crippen LogP contribution is 2.43. The molecule has 2 N–H and O–H groups in total. The van der Waals surface area contributed by atoms with Crippen LogP contribution in [-0.2, 0) is 0 Å². The number of nitrogens with zero attached hydrogens (tertiary/aromatic N) is 3. The molecule has 2 aromatic rings. The summed E-state index contributed by atoms with van der Waals surface area (Å²) in [6, 6.07) is 3.34. The quantitative estimate of drug-likeness (QED) is 0.919. The number of amides is 1. The molecule has 8 heteroatoms. The standard InChI is InChI=1S/C17H20F2N4O2/c1-25-10-6-11(12-8-22-4-2-9(12)3-5-22)14-13(7-10)23(17(18)19)21-15(14)16(20)24/h6-7,9,12,17H,2-5,8H2,1H3,(H2,20,24). The Morgan fingerprint density at radius 2 is 2.08 bits per heavy atom. The van der Waals surface area contributed by atoms with Crippen molar-refractivity contribution >= 4 is 16.8 Å². The summed E-state index contributed by atoms with van der Waals surface area (Å²) < 4.78 is 32.7. The molecule has 2 bridgehead atoms. The molecule has 5 rings (SSSR count). The molecule has 0 radical (unpaired) electrons. The average Bonchev–Trinajstić information content (AvgIpc) is 3.02. The molecule has 1 atom stereocenters. The van der Waals surface area contributed by atoms with Crippen LogP contribution in [0, 0.1) is 5.92 Å². The molecule has 3 saturated heterocycles. The van der Waals surface area contributed by atoms with Crippen LogP contribution in [0.2, 0.25) is 0 Å². The second-order valence-corrected chi connectivity index (χ2v) is 6.79. The number of halogens is 2. The summed E-state index contributed by atoms with van der Waals surface area (Å²) in [5, 5.41) is 4.24. The van der Waals surface area contributed by atoms with Crippen molar-refractivity contribution in [2.24, 2.45) is 11.7 Å². The maximum Gasteiger partial charge on any atom is 0.333 e. The third kappa shape index (κ3) is 2.55. The van der Waals surface area contributed by atoms with Gasteiger partial charge < -0.3 is 15.4 Å². The number of hydrogen-bond acceptors (Lipinski definition) is 4. The summed E-state index contributed by atoms with van der Waals surface area (Å²) in [5.41, 5.74) is 6.37. The van der Waals surface area contributed by atoms with Crippen LogP contribution in [0.1, 0.15) is 41.4 Å². The second-order valence-electron chi connectivity index (χ2n) is 6.79. The molecule has 1 aromatic heterocycles. The molecule has 6 nitrogen and oxygen atoms in total. The maximum absolute atomic E-state index is 13.4. The highest BCUT2D eigenvalue weighted by Gasteiger charge is 2.37. The number of alkyl halides is 2. The van der Waals surface area contributed by atoms with Crippen molar-refractivity contribution in [3.8, 4) is 5.75 Å². The summed E-state index contributed by atoms with van der Waals surface area (Å²) in [6.07, 6.45) is 2.14. The third-order valence-electron chi connectivity index (χ3n) is 5.52. The van der Waals surface area contributed by atoms with Crippen LogP contribution in [0.4, 0.5) is 8.78 Å². The number of benzene rings is 1. The van der Waals surface area contributed by atoms with Crippen molar-refractivity contribution in [1.82, 2.24) is 14.7 Å². The zero-order chi connectivity index (χ0) is 17.7. The van der Waals surface area contributed by atoms with Gasteiger partial charge in [0.05, 0.1) is 12.6 Å². The minimum Gasteiger partial charge on any atom is -0.497 e. The van der Waals surface area contributed by atoms with Gasteiger partial charge in [0.1, 0.15) is 5.75 Å². The Morgan fingerprint density at radius 3 is 2.60 bits per heavy atom. The van der Waals surface area contributed by atoms with Crippen molar-refractivity contribution < 1.29 is 18.3 Å². The van der Waals surface area contributed by atoms with Crippen LogP contribution in [0.15, 0.2) is 12.1 Å². The van der Waals surface area contributed by atoms with E-state index in [9.17, 15) is 13.6 Å². The van der Waals surface area contributed by atoms with Gasteiger partial charge in [0.25, 0.3) is 5.91 Å². The zero-order valence-corrected chi connectivity index (χ0v) is 13.9. The zero-order valence-electron chi connectivity index (χ0n) is 13.9. The van der Waals surface area contributed by atoms with Crippen LogP contribution >= 0.6 is 0 Å². The monoisotopic (exact) mass is 350 g/mol. The number of hydrogen-bond donors (Lipinski definition) is 1. The van der Waals surface area contributed by atoms with E-state index in [2.05, 4.69) is 10.00 Å². The Labute approximate surface area is 143 Å². The summed E-state index contributed by atoms with van der Waals surface area (Å²) >= 11 is 0. The van der Waals surface area contributed by atoms with Crippen LogP contribution in [0.3, 0.4) is 0 Å². The van der Waals surface area contributed by atoms with E-state index in [1.54, 1.807) is 0 Å². The lowest BCUT2D eigenvalue weighted by Crippen LogP contribution is -2.46. The first-order valence-electron chi connectivity index (χ1n) is 8.40. The molecule has 0 aliphatic carbocycles. The Bertz CT molecular complexity index is 828. The fourth-order valence-electron chi connectivity index (χ4n) is 4.32. The summed E-state index contributed by atoms with van der Waals surface area (Å²) in [4.78, 5) is 14.2. The van der Waals surface area contributed by atoms with Gasteiger partial charge in [0.15, 0.2) is 5.69 Å². The van der Waals surface area contributed by atoms with Crippen molar-refractivity contribution in [3.63, 3.8) is 0 Å². The fraction of sp³-hybridized carbons (Fsp3) is 0.529. The van der Waals surface area contributed by atoms with E-state index < -0.39 is 12.5 Å². The molecule has 4 heterocycles. The van der Waals surface area contributed by atoms with Crippen molar-refractivity contribution in [3.05, 3.63) is 23.4 Å². The molecule has 0 spiro atoms. The molecule has 1 amide bonds. The number of carbonyl (C=O) groups excluding carboxylic acids is 1. The highest BCUT2D eigenvalue weighted by atomic mass is 19.3. The Morgan fingerprint density at radius 1 is 1.36 bits per heavy atom. The molecule has 3 aliphatic heterocycles. The number of methoxy groups -OCH3 is 1. The first-order chi connectivity index (χ1) is 12.0. The molecular formula is C17H20F2N4O2. The number of rotatable bonds is 4. The van der Waals surface area contributed by atoms with Gasteiger partial charge in [0.2, 0.25) is 0 Å². The van der Waals surface area contributed by atoms with E-state index >= 15 is 0 Å². The predicted octanol–water partition coefficient (Wildman–Crippen LogP) is 2.35. The molecule has 3 aliphatic rings. The van der Waals surface area contributed by atoms with E-state index in [0.29, 0.717) is 21.7 Å². The molecule has 3 fully saturated rings. The van der Waals surface area contributed by atoms with Gasteiger partial charge in [-0.2, -0.15) is 13.9 Å². The highest BCUT2D eigenvalue weighted by molar-refractivity contribution is 6.06. The number of piperidine rings is 3. The Balaban J connectivity index is 1.97. The van der Waals surface area contributed by atoms with Crippen LogP contribution in [-0.4, -0.2) is 47.3 Å². The molecule has 134 valence electrons. The molecule has 25 heavy (non-hydrogen) atoms. The lowest BCUT2D eigenvalue weighted by molar-refractivity contribution is 0.0608. The minimum atomic E-state index is -2.86. The predicted molar refractivity (Wildman–Crippen MR) is 88.0 cm³/mol. The van der Waals surface area contributed by atoms with E-state index in [0.717, 1.165) is 38.0 Å². The number of fused-ring (bicyclic) bond motifs is 4. The van der Waals surface area contributed by atoms with Gasteiger partial charge in [-0.25, -0.2) is 4.68 Å². The summed E-state index contributed by atoms with van der Waals surface area (Å²) in [6.45, 7) is 0.119. The summed E-state index contributed by atoms with van der Waals surface area (Å²) in [7, 11) is 1.50. The Hall–Kier alpha value is -2.22. The van der Waals surface area contributed by atoms with Crippen LogP contribution in [0.25, 0.3) is 10.9 Å². The van der Waals surface area contributed by atoms with E-state index in [1.807, 2.05) is 6.07 Å². The minimum absolute atomic E-state index is 0.0931. The van der Waals surface area contributed by atoms with Gasteiger partial charge in [-0.3, -0.25) is 4.79 Å².